The van der Waals surface area contributed by atoms with Gasteiger partial charge in [0.05, 0.1) is 18.8 Å². The topological polar surface area (TPSA) is 89.8 Å². The normalized spacial score (nSPS) is 13.6. The van der Waals surface area contributed by atoms with Gasteiger partial charge >= 0.3 is 0 Å². The third-order valence-electron chi connectivity index (χ3n) is 10.6. The molecule has 1 amide bonds. The minimum atomic E-state index is -1.07. The molecule has 50 heavy (non-hydrogen) atoms. The molecule has 3 unspecified atom stereocenters. The number of aliphatic hydroxyl groups excluding tert-OH is 3. The van der Waals surface area contributed by atoms with E-state index in [2.05, 4.69) is 31.3 Å². The molecule has 0 saturated heterocycles. The fourth-order valence-corrected chi connectivity index (χ4v) is 7.07. The van der Waals surface area contributed by atoms with Crippen LogP contribution in [0.15, 0.2) is 12.2 Å². The van der Waals surface area contributed by atoms with Crippen molar-refractivity contribution in [3.05, 3.63) is 12.2 Å². The van der Waals surface area contributed by atoms with Crippen LogP contribution >= 0.6 is 0 Å². The molecule has 4 N–H and O–H groups in total. The number of allylic oxidation sites excluding steroid dienone is 2. The van der Waals surface area contributed by atoms with Crippen LogP contribution in [0.5, 0.6) is 0 Å². The lowest BCUT2D eigenvalue weighted by Gasteiger charge is -2.23. The lowest BCUT2D eigenvalue weighted by Crippen LogP contribution is -2.49. The molecule has 0 heterocycles. The van der Waals surface area contributed by atoms with Gasteiger partial charge in [0.1, 0.15) is 6.10 Å². The van der Waals surface area contributed by atoms with Crippen molar-refractivity contribution >= 4 is 5.91 Å². The van der Waals surface area contributed by atoms with Crippen LogP contribution < -0.4 is 5.32 Å². The van der Waals surface area contributed by atoms with E-state index < -0.39 is 24.2 Å². The molecule has 0 bridgehead atoms. The number of carbonyl (C=O) groups excluding carboxylic acids is 1. The number of hydrogen-bond donors (Lipinski definition) is 4. The number of unbranched alkanes of at least 4 members (excludes halogenated alkanes) is 31. The number of rotatable bonds is 41. The molecule has 0 spiro atoms. The maximum Gasteiger partial charge on any atom is 0.249 e. The highest BCUT2D eigenvalue weighted by atomic mass is 16.3. The van der Waals surface area contributed by atoms with Gasteiger partial charge in [-0.05, 0) is 38.5 Å². The minimum absolute atomic E-state index is 0.312. The quantitative estimate of drug-likeness (QED) is 0.0376. The van der Waals surface area contributed by atoms with Gasteiger partial charge in [0.15, 0.2) is 0 Å². The Morgan fingerprint density at radius 1 is 0.460 bits per heavy atom. The Hall–Kier alpha value is -0.910. The van der Waals surface area contributed by atoms with Crippen LogP contribution in [0.4, 0.5) is 0 Å². The first-order valence-electron chi connectivity index (χ1n) is 22.5. The van der Waals surface area contributed by atoms with Crippen molar-refractivity contribution in [2.75, 3.05) is 6.61 Å². The van der Waals surface area contributed by atoms with Crippen LogP contribution in [0, 0.1) is 0 Å². The molecule has 0 fully saturated rings. The van der Waals surface area contributed by atoms with E-state index >= 15 is 0 Å². The average molecular weight is 708 g/mol. The van der Waals surface area contributed by atoms with E-state index in [-0.39, 0.29) is 6.61 Å². The van der Waals surface area contributed by atoms with Crippen molar-refractivity contribution in [1.82, 2.24) is 5.32 Å². The van der Waals surface area contributed by atoms with Crippen molar-refractivity contribution in [1.29, 1.82) is 0 Å². The van der Waals surface area contributed by atoms with Crippen molar-refractivity contribution in [3.8, 4) is 0 Å². The van der Waals surface area contributed by atoms with E-state index in [4.69, 9.17) is 0 Å². The molecule has 5 heteroatoms. The number of amides is 1. The fourth-order valence-electron chi connectivity index (χ4n) is 7.07. The maximum atomic E-state index is 12.5. The first-order chi connectivity index (χ1) is 24.6. The van der Waals surface area contributed by atoms with E-state index in [0.717, 1.165) is 32.1 Å². The molecule has 0 saturated carbocycles. The third-order valence-corrected chi connectivity index (χ3v) is 10.6. The molecule has 0 rings (SSSR count). The highest BCUT2D eigenvalue weighted by molar-refractivity contribution is 5.80. The number of aliphatic hydroxyl groups is 3. The third kappa shape index (κ3) is 35.5. The second-order valence-electron chi connectivity index (χ2n) is 15.6. The predicted molar refractivity (Wildman–Crippen MR) is 218 cm³/mol. The number of hydrogen-bond acceptors (Lipinski definition) is 4. The van der Waals surface area contributed by atoms with Crippen LogP contribution in [0.2, 0.25) is 0 Å². The smallest absolute Gasteiger partial charge is 0.249 e. The van der Waals surface area contributed by atoms with Crippen LogP contribution in [0.3, 0.4) is 0 Å². The Bertz CT molecular complexity index is 699. The molecule has 0 aliphatic heterocycles. The van der Waals surface area contributed by atoms with Crippen molar-refractivity contribution < 1.29 is 20.1 Å². The largest absolute Gasteiger partial charge is 0.394 e. The lowest BCUT2D eigenvalue weighted by molar-refractivity contribution is -0.131. The summed E-state index contributed by atoms with van der Waals surface area (Å²) in [6.07, 6.45) is 47.9. The van der Waals surface area contributed by atoms with Crippen molar-refractivity contribution in [2.24, 2.45) is 0 Å². The molecule has 3 atom stereocenters. The molecule has 0 aliphatic carbocycles. The highest BCUT2D eigenvalue weighted by Gasteiger charge is 2.23. The fraction of sp³-hybridized carbons (Fsp3) is 0.933. The summed E-state index contributed by atoms with van der Waals surface area (Å²) in [5, 5.41) is 33.2. The Morgan fingerprint density at radius 2 is 0.760 bits per heavy atom. The van der Waals surface area contributed by atoms with Gasteiger partial charge in [0.25, 0.3) is 0 Å². The Kier molecular flexibility index (Phi) is 40.1. The van der Waals surface area contributed by atoms with Gasteiger partial charge in [0.2, 0.25) is 5.91 Å². The van der Waals surface area contributed by atoms with Gasteiger partial charge in [-0.1, -0.05) is 219 Å². The van der Waals surface area contributed by atoms with E-state index in [1.165, 1.54) is 186 Å². The summed E-state index contributed by atoms with van der Waals surface area (Å²) in [6, 6.07) is -0.708. The molecule has 0 radical (unpaired) electrons. The van der Waals surface area contributed by atoms with Crippen molar-refractivity contribution in [3.63, 3.8) is 0 Å². The Labute approximate surface area is 312 Å². The van der Waals surface area contributed by atoms with E-state index in [1.807, 2.05) is 0 Å². The predicted octanol–water partition coefficient (Wildman–Crippen LogP) is 12.8. The second kappa shape index (κ2) is 40.9. The van der Waals surface area contributed by atoms with Gasteiger partial charge < -0.3 is 20.6 Å². The van der Waals surface area contributed by atoms with E-state index in [1.54, 1.807) is 0 Å². The molecular formula is C45H89NO4. The molecule has 0 aromatic heterocycles. The summed E-state index contributed by atoms with van der Waals surface area (Å²) >= 11 is 0. The van der Waals surface area contributed by atoms with Gasteiger partial charge in [-0.25, -0.2) is 0 Å². The SMILES string of the molecule is CCCCCCCCCCCCCC/C=C\CCCCCCCCCCCC(O)C(=O)NC(CO)C(O)CCCCCCCCCCCCC. The van der Waals surface area contributed by atoms with Crippen LogP contribution in [0.1, 0.15) is 245 Å². The van der Waals surface area contributed by atoms with E-state index in [0.29, 0.717) is 12.8 Å². The average Bonchev–Trinajstić information content (AvgIpc) is 3.12. The van der Waals surface area contributed by atoms with Crippen LogP contribution in [0.25, 0.3) is 0 Å². The maximum absolute atomic E-state index is 12.5. The molecule has 0 aromatic carbocycles. The summed E-state index contributed by atoms with van der Waals surface area (Å²) < 4.78 is 0. The van der Waals surface area contributed by atoms with E-state index in [9.17, 15) is 20.1 Å². The molecule has 5 nitrogen and oxygen atoms in total. The monoisotopic (exact) mass is 708 g/mol. The summed E-state index contributed by atoms with van der Waals surface area (Å²) in [4.78, 5) is 12.5. The molecule has 0 aliphatic rings. The van der Waals surface area contributed by atoms with Crippen LogP contribution in [-0.4, -0.2) is 46.1 Å². The number of nitrogens with one attached hydrogen (secondary N) is 1. The standard InChI is InChI=1S/C45H89NO4/c1-3-5-7-9-11-13-15-16-17-18-19-20-21-22-23-24-25-26-27-28-30-32-34-36-38-40-44(49)45(50)46-42(41-47)43(48)39-37-35-33-31-29-14-12-10-8-6-4-2/h22-23,42-44,47-49H,3-21,24-41H2,1-2H3,(H,46,50)/b23-22-. The Balaban J connectivity index is 3.55. The molecule has 0 aromatic rings. The summed E-state index contributed by atoms with van der Waals surface area (Å²) in [6.45, 7) is 4.23. The van der Waals surface area contributed by atoms with Crippen LogP contribution in [-0.2, 0) is 4.79 Å². The first kappa shape index (κ1) is 49.1. The second-order valence-corrected chi connectivity index (χ2v) is 15.6. The summed E-state index contributed by atoms with van der Waals surface area (Å²) in [5.41, 5.74) is 0. The zero-order valence-electron chi connectivity index (χ0n) is 33.8. The zero-order valence-corrected chi connectivity index (χ0v) is 33.8. The molecule has 298 valence electrons. The summed E-state index contributed by atoms with van der Waals surface area (Å²) in [7, 11) is 0. The number of carbonyl (C=O) groups is 1. The highest BCUT2D eigenvalue weighted by Crippen LogP contribution is 2.16. The lowest BCUT2D eigenvalue weighted by atomic mass is 10.0. The minimum Gasteiger partial charge on any atom is -0.394 e. The van der Waals surface area contributed by atoms with Gasteiger partial charge in [-0.3, -0.25) is 4.79 Å². The molecular weight excluding hydrogens is 618 g/mol. The van der Waals surface area contributed by atoms with Gasteiger partial charge in [-0.2, -0.15) is 0 Å². The first-order valence-corrected chi connectivity index (χ1v) is 22.5. The Morgan fingerprint density at radius 3 is 1.10 bits per heavy atom. The van der Waals surface area contributed by atoms with Gasteiger partial charge in [-0.15, -0.1) is 0 Å². The van der Waals surface area contributed by atoms with Gasteiger partial charge in [0, 0.05) is 0 Å². The zero-order chi connectivity index (χ0) is 36.6. The van der Waals surface area contributed by atoms with Crippen molar-refractivity contribution in [2.45, 2.75) is 263 Å². The summed E-state index contributed by atoms with van der Waals surface area (Å²) in [5.74, 6) is -0.471.